The molecule has 0 atom stereocenters. The zero-order valence-electron chi connectivity index (χ0n) is 8.52. The summed E-state index contributed by atoms with van der Waals surface area (Å²) in [7, 11) is 0. The molecule has 0 heterocycles. The molecule has 0 aromatic heterocycles. The molecule has 0 aliphatic heterocycles. The van der Waals surface area contributed by atoms with E-state index in [9.17, 15) is 4.79 Å². The van der Waals surface area contributed by atoms with Crippen molar-refractivity contribution in [3.63, 3.8) is 0 Å². The third-order valence-corrected chi connectivity index (χ3v) is 2.67. The number of anilines is 1. The van der Waals surface area contributed by atoms with Crippen LogP contribution >= 0.6 is 0 Å². The van der Waals surface area contributed by atoms with E-state index < -0.39 is 0 Å². The molecule has 0 radical (unpaired) electrons. The number of hydrogen-bond acceptors (Lipinski definition) is 2. The Morgan fingerprint density at radius 3 is 2.60 bits per heavy atom. The molecule has 1 aliphatic rings. The number of rotatable bonds is 3. The van der Waals surface area contributed by atoms with Gasteiger partial charge >= 0.3 is 6.03 Å². The number of benzene rings is 1. The van der Waals surface area contributed by atoms with Crippen molar-refractivity contribution in [2.24, 2.45) is 5.73 Å². The summed E-state index contributed by atoms with van der Waals surface area (Å²) in [6, 6.07) is 7.51. The van der Waals surface area contributed by atoms with Crippen LogP contribution in [0.4, 0.5) is 10.5 Å². The topological polar surface area (TPSA) is 72.4 Å². The Balaban J connectivity index is 2.12. The van der Waals surface area contributed by atoms with E-state index in [4.69, 9.17) is 11.5 Å². The normalized spacial score (nSPS) is 14.9. The van der Waals surface area contributed by atoms with E-state index in [1.165, 1.54) is 0 Å². The van der Waals surface area contributed by atoms with Crippen LogP contribution in [0.15, 0.2) is 24.3 Å². The Labute approximate surface area is 88.9 Å². The molecule has 4 heteroatoms. The molecule has 2 rings (SSSR count). The van der Waals surface area contributed by atoms with Gasteiger partial charge in [0.2, 0.25) is 0 Å². The molecule has 0 unspecified atom stereocenters. The SMILES string of the molecule is NC(=O)N(Cc1ccccc1N)C1CC1. The summed E-state index contributed by atoms with van der Waals surface area (Å²) in [5.41, 5.74) is 12.8. The van der Waals surface area contributed by atoms with E-state index in [1.807, 2.05) is 24.3 Å². The first-order valence-electron chi connectivity index (χ1n) is 5.08. The van der Waals surface area contributed by atoms with Gasteiger partial charge in [-0.25, -0.2) is 4.79 Å². The van der Waals surface area contributed by atoms with Crippen LogP contribution in [0.2, 0.25) is 0 Å². The summed E-state index contributed by atoms with van der Waals surface area (Å²) in [4.78, 5) is 12.9. The zero-order valence-corrected chi connectivity index (χ0v) is 8.52. The quantitative estimate of drug-likeness (QED) is 0.730. The molecule has 0 spiro atoms. The highest BCUT2D eigenvalue weighted by atomic mass is 16.2. The number of nitrogens with two attached hydrogens (primary N) is 2. The zero-order chi connectivity index (χ0) is 10.8. The standard InChI is InChI=1S/C11H15N3O/c12-10-4-2-1-3-8(10)7-14(11(13)15)9-5-6-9/h1-4,9H,5-7,12H2,(H2,13,15). The molecule has 4 N–H and O–H groups in total. The fourth-order valence-corrected chi connectivity index (χ4v) is 1.63. The van der Waals surface area contributed by atoms with E-state index in [1.54, 1.807) is 4.90 Å². The first-order chi connectivity index (χ1) is 7.18. The van der Waals surface area contributed by atoms with Gasteiger partial charge in [0.05, 0.1) is 0 Å². The van der Waals surface area contributed by atoms with Crippen molar-refractivity contribution in [3.05, 3.63) is 29.8 Å². The molecule has 2 amide bonds. The number of carbonyl (C=O) groups is 1. The molecule has 1 saturated carbocycles. The lowest BCUT2D eigenvalue weighted by Gasteiger charge is -2.20. The average Bonchev–Trinajstić information content (AvgIpc) is 2.99. The number of carbonyl (C=O) groups excluding carboxylic acids is 1. The van der Waals surface area contributed by atoms with Crippen molar-refractivity contribution in [2.45, 2.75) is 25.4 Å². The Bertz CT molecular complexity index is 374. The average molecular weight is 205 g/mol. The number of hydrogen-bond donors (Lipinski definition) is 2. The first-order valence-corrected chi connectivity index (χ1v) is 5.08. The second-order valence-electron chi connectivity index (χ2n) is 3.90. The van der Waals surface area contributed by atoms with Gasteiger partial charge in [-0.2, -0.15) is 0 Å². The van der Waals surface area contributed by atoms with Gasteiger partial charge < -0.3 is 16.4 Å². The van der Waals surface area contributed by atoms with Crippen LogP contribution in [-0.4, -0.2) is 17.0 Å². The largest absolute Gasteiger partial charge is 0.398 e. The molecular weight excluding hydrogens is 190 g/mol. The highest BCUT2D eigenvalue weighted by molar-refractivity contribution is 5.73. The molecule has 80 valence electrons. The third-order valence-electron chi connectivity index (χ3n) is 2.67. The molecule has 1 aliphatic carbocycles. The van der Waals surface area contributed by atoms with E-state index in [0.29, 0.717) is 18.3 Å². The molecule has 0 saturated heterocycles. The van der Waals surface area contributed by atoms with Gasteiger partial charge in [-0.05, 0) is 24.5 Å². The van der Waals surface area contributed by atoms with Gasteiger partial charge in [-0.15, -0.1) is 0 Å². The highest BCUT2D eigenvalue weighted by Gasteiger charge is 2.31. The summed E-state index contributed by atoms with van der Waals surface area (Å²) < 4.78 is 0. The van der Waals surface area contributed by atoms with Crippen LogP contribution in [0, 0.1) is 0 Å². The number of primary amides is 1. The minimum absolute atomic E-state index is 0.321. The van der Waals surface area contributed by atoms with E-state index in [-0.39, 0.29) is 6.03 Å². The van der Waals surface area contributed by atoms with Crippen LogP contribution in [-0.2, 0) is 6.54 Å². The van der Waals surface area contributed by atoms with Crippen LogP contribution in [0.25, 0.3) is 0 Å². The van der Waals surface area contributed by atoms with Crippen LogP contribution < -0.4 is 11.5 Å². The highest BCUT2D eigenvalue weighted by Crippen LogP contribution is 2.28. The van der Waals surface area contributed by atoms with Crippen molar-refractivity contribution < 1.29 is 4.79 Å². The van der Waals surface area contributed by atoms with E-state index >= 15 is 0 Å². The summed E-state index contributed by atoms with van der Waals surface area (Å²) in [5.74, 6) is 0. The van der Waals surface area contributed by atoms with Gasteiger partial charge in [0, 0.05) is 18.3 Å². The fourth-order valence-electron chi connectivity index (χ4n) is 1.63. The first kappa shape index (κ1) is 9.83. The van der Waals surface area contributed by atoms with Gasteiger partial charge in [0.1, 0.15) is 0 Å². The Morgan fingerprint density at radius 1 is 1.40 bits per heavy atom. The lowest BCUT2D eigenvalue weighted by Crippen LogP contribution is -2.37. The number of nitrogens with zero attached hydrogens (tertiary/aromatic N) is 1. The number of para-hydroxylation sites is 1. The number of nitrogen functional groups attached to an aromatic ring is 1. The second-order valence-corrected chi connectivity index (χ2v) is 3.90. The maximum atomic E-state index is 11.2. The predicted molar refractivity (Wildman–Crippen MR) is 59.0 cm³/mol. The van der Waals surface area contributed by atoms with Gasteiger partial charge in [-0.1, -0.05) is 18.2 Å². The van der Waals surface area contributed by atoms with Crippen molar-refractivity contribution >= 4 is 11.7 Å². The third kappa shape index (κ3) is 2.21. The summed E-state index contributed by atoms with van der Waals surface area (Å²) in [6.07, 6.45) is 2.10. The predicted octanol–water partition coefficient (Wildman–Crippen LogP) is 1.31. The van der Waals surface area contributed by atoms with Crippen molar-refractivity contribution in [3.8, 4) is 0 Å². The van der Waals surface area contributed by atoms with Crippen LogP contribution in [0.1, 0.15) is 18.4 Å². The number of amides is 2. The molecule has 1 fully saturated rings. The van der Waals surface area contributed by atoms with E-state index in [0.717, 1.165) is 18.4 Å². The molecule has 1 aromatic rings. The summed E-state index contributed by atoms with van der Waals surface area (Å²) >= 11 is 0. The van der Waals surface area contributed by atoms with Gasteiger partial charge in [-0.3, -0.25) is 0 Å². The lowest BCUT2D eigenvalue weighted by molar-refractivity contribution is 0.202. The van der Waals surface area contributed by atoms with Crippen molar-refractivity contribution in [2.75, 3.05) is 5.73 Å². The minimum atomic E-state index is -0.360. The smallest absolute Gasteiger partial charge is 0.315 e. The summed E-state index contributed by atoms with van der Waals surface area (Å²) in [5, 5.41) is 0. The van der Waals surface area contributed by atoms with Crippen LogP contribution in [0.5, 0.6) is 0 Å². The Hall–Kier alpha value is -1.71. The number of urea groups is 1. The second kappa shape index (κ2) is 3.81. The Morgan fingerprint density at radius 2 is 2.07 bits per heavy atom. The lowest BCUT2D eigenvalue weighted by atomic mass is 10.1. The maximum Gasteiger partial charge on any atom is 0.315 e. The molecule has 15 heavy (non-hydrogen) atoms. The Kier molecular flexibility index (Phi) is 2.49. The molecule has 0 bridgehead atoms. The van der Waals surface area contributed by atoms with Crippen molar-refractivity contribution in [1.82, 2.24) is 4.90 Å². The fraction of sp³-hybridized carbons (Fsp3) is 0.364. The molecule has 4 nitrogen and oxygen atoms in total. The van der Waals surface area contributed by atoms with Gasteiger partial charge in [0.15, 0.2) is 0 Å². The van der Waals surface area contributed by atoms with Crippen molar-refractivity contribution in [1.29, 1.82) is 0 Å². The van der Waals surface area contributed by atoms with Gasteiger partial charge in [0.25, 0.3) is 0 Å². The summed E-state index contributed by atoms with van der Waals surface area (Å²) in [6.45, 7) is 0.521. The monoisotopic (exact) mass is 205 g/mol. The minimum Gasteiger partial charge on any atom is -0.398 e. The van der Waals surface area contributed by atoms with E-state index in [2.05, 4.69) is 0 Å². The molecule has 1 aromatic carbocycles. The van der Waals surface area contributed by atoms with Crippen LogP contribution in [0.3, 0.4) is 0 Å². The molecular formula is C11H15N3O. The maximum absolute atomic E-state index is 11.2.